The van der Waals surface area contributed by atoms with Crippen molar-refractivity contribution >= 4 is 19.5 Å². The van der Waals surface area contributed by atoms with Gasteiger partial charge in [0.05, 0.1) is 26.2 Å². The largest absolute Gasteiger partial charge is 0.466 e. The number of rotatable bonds is 8. The Labute approximate surface area is 147 Å². The van der Waals surface area contributed by atoms with Crippen molar-refractivity contribution in [3.63, 3.8) is 0 Å². The predicted molar refractivity (Wildman–Crippen MR) is 90.7 cm³/mol. The Hall–Kier alpha value is -1.69. The normalized spacial score (nSPS) is 19.9. The predicted octanol–water partition coefficient (Wildman–Crippen LogP) is 3.28. The molecule has 0 radical (unpaired) electrons. The molecule has 1 aromatic rings. The van der Waals surface area contributed by atoms with Gasteiger partial charge in [0.2, 0.25) is 0 Å². The number of para-hydroxylation sites is 1. The third kappa shape index (κ3) is 4.29. The molecule has 0 saturated carbocycles. The van der Waals surface area contributed by atoms with Gasteiger partial charge in [-0.25, -0.2) is 0 Å². The van der Waals surface area contributed by atoms with Gasteiger partial charge in [-0.2, -0.15) is 0 Å². The average Bonchev–Trinajstić information content (AvgIpc) is 2.55. The zero-order chi connectivity index (χ0) is 18.4. The fraction of sp³-hybridized carbons (Fsp3) is 0.529. The summed E-state index contributed by atoms with van der Waals surface area (Å²) in [5.41, 5.74) is -0.605. The number of hydrogen-bond acceptors (Lipinski definition) is 7. The van der Waals surface area contributed by atoms with Crippen LogP contribution in [0.2, 0.25) is 0 Å². The summed E-state index contributed by atoms with van der Waals surface area (Å²) in [5.74, 6) is -1.57. The Morgan fingerprint density at radius 2 is 1.76 bits per heavy atom. The van der Waals surface area contributed by atoms with Crippen molar-refractivity contribution < 1.29 is 32.7 Å². The number of carbonyl (C=O) groups is 2. The molecular formula is C17H23O7P. The van der Waals surface area contributed by atoms with Crippen LogP contribution >= 0.6 is 7.60 Å². The molecule has 2 atom stereocenters. The standard InChI is InChI=1S/C17H23O7P/c1-4-21-15(18)11-13-12-9-7-8-10-14(12)24-17(19)16(13)25(20,22-5-2)23-6-3/h7-10,13,16H,4-6,11H2,1-3H3. The first kappa shape index (κ1) is 19.6. The Morgan fingerprint density at radius 1 is 1.12 bits per heavy atom. The maximum atomic E-state index is 13.2. The molecule has 0 aliphatic carbocycles. The number of benzene rings is 1. The quantitative estimate of drug-likeness (QED) is 0.394. The van der Waals surface area contributed by atoms with Gasteiger partial charge in [0, 0.05) is 11.5 Å². The minimum atomic E-state index is -3.82. The highest BCUT2D eigenvalue weighted by atomic mass is 31.2. The number of carbonyl (C=O) groups excluding carboxylic acids is 2. The summed E-state index contributed by atoms with van der Waals surface area (Å²) in [4.78, 5) is 24.7. The number of hydrogen-bond donors (Lipinski definition) is 0. The van der Waals surface area contributed by atoms with E-state index in [0.717, 1.165) is 0 Å². The van der Waals surface area contributed by atoms with Crippen molar-refractivity contribution in [1.29, 1.82) is 0 Å². The second-order valence-electron chi connectivity index (χ2n) is 5.39. The van der Waals surface area contributed by atoms with E-state index in [4.69, 9.17) is 18.5 Å². The van der Waals surface area contributed by atoms with Gasteiger partial charge in [0.15, 0.2) is 5.66 Å². The molecule has 25 heavy (non-hydrogen) atoms. The number of fused-ring (bicyclic) bond motifs is 1. The van der Waals surface area contributed by atoms with Crippen LogP contribution in [-0.4, -0.2) is 37.4 Å². The third-order valence-electron chi connectivity index (χ3n) is 3.80. The summed E-state index contributed by atoms with van der Waals surface area (Å²) in [6, 6.07) is 6.85. The van der Waals surface area contributed by atoms with Gasteiger partial charge in [-0.1, -0.05) is 18.2 Å². The summed E-state index contributed by atoms with van der Waals surface area (Å²) in [7, 11) is -3.82. The SMILES string of the molecule is CCOC(=O)CC1c2ccccc2OC(=O)C1P(=O)(OCC)OCC. The van der Waals surface area contributed by atoms with Crippen molar-refractivity contribution in [2.24, 2.45) is 0 Å². The van der Waals surface area contributed by atoms with E-state index < -0.39 is 31.1 Å². The highest BCUT2D eigenvalue weighted by molar-refractivity contribution is 7.55. The van der Waals surface area contributed by atoms with E-state index in [-0.39, 0.29) is 26.2 Å². The summed E-state index contributed by atoms with van der Waals surface area (Å²) < 4.78 is 34.3. The first-order valence-electron chi connectivity index (χ1n) is 8.31. The van der Waals surface area contributed by atoms with E-state index in [2.05, 4.69) is 0 Å². The minimum absolute atomic E-state index is 0.106. The van der Waals surface area contributed by atoms with Crippen molar-refractivity contribution in [2.75, 3.05) is 19.8 Å². The van der Waals surface area contributed by atoms with Crippen LogP contribution in [0, 0.1) is 0 Å². The van der Waals surface area contributed by atoms with Crippen LogP contribution < -0.4 is 4.74 Å². The van der Waals surface area contributed by atoms with Gasteiger partial charge in [0.1, 0.15) is 5.75 Å². The summed E-state index contributed by atoms with van der Waals surface area (Å²) in [6.45, 7) is 5.45. The topological polar surface area (TPSA) is 88.1 Å². The highest BCUT2D eigenvalue weighted by Gasteiger charge is 2.52. The summed E-state index contributed by atoms with van der Waals surface area (Å²) in [6.07, 6.45) is -0.116. The lowest BCUT2D eigenvalue weighted by atomic mass is 9.89. The molecule has 1 aliphatic heterocycles. The first-order chi connectivity index (χ1) is 12.0. The molecule has 1 aliphatic rings. The number of esters is 2. The molecule has 0 spiro atoms. The van der Waals surface area contributed by atoms with Gasteiger partial charge in [-0.05, 0) is 26.8 Å². The minimum Gasteiger partial charge on any atom is -0.466 e. The zero-order valence-corrected chi connectivity index (χ0v) is 15.5. The molecule has 0 bridgehead atoms. The van der Waals surface area contributed by atoms with Crippen LogP contribution in [0.3, 0.4) is 0 Å². The van der Waals surface area contributed by atoms with Crippen molar-refractivity contribution in [3.05, 3.63) is 29.8 Å². The molecule has 1 heterocycles. The zero-order valence-electron chi connectivity index (χ0n) is 14.6. The fourth-order valence-electron chi connectivity index (χ4n) is 2.91. The summed E-state index contributed by atoms with van der Waals surface area (Å²) in [5, 5.41) is 0. The fourth-order valence-corrected chi connectivity index (χ4v) is 5.04. The van der Waals surface area contributed by atoms with Gasteiger partial charge in [-0.3, -0.25) is 14.2 Å². The monoisotopic (exact) mass is 370 g/mol. The van der Waals surface area contributed by atoms with Crippen molar-refractivity contribution in [3.8, 4) is 5.75 Å². The Bertz CT molecular complexity index is 663. The van der Waals surface area contributed by atoms with Crippen LogP contribution in [0.1, 0.15) is 38.7 Å². The molecule has 8 heteroatoms. The lowest BCUT2D eigenvalue weighted by Gasteiger charge is -2.34. The maximum Gasteiger partial charge on any atom is 0.345 e. The Balaban J connectivity index is 2.49. The Morgan fingerprint density at radius 3 is 2.36 bits per heavy atom. The van der Waals surface area contributed by atoms with E-state index in [1.54, 1.807) is 45.0 Å². The van der Waals surface area contributed by atoms with Crippen molar-refractivity contribution in [1.82, 2.24) is 0 Å². The van der Waals surface area contributed by atoms with Crippen LogP contribution in [0.15, 0.2) is 24.3 Å². The van der Waals surface area contributed by atoms with E-state index in [0.29, 0.717) is 11.3 Å². The highest BCUT2D eigenvalue weighted by Crippen LogP contribution is 2.60. The van der Waals surface area contributed by atoms with E-state index >= 15 is 0 Å². The molecule has 2 rings (SSSR count). The van der Waals surface area contributed by atoms with Crippen molar-refractivity contribution in [2.45, 2.75) is 38.8 Å². The maximum absolute atomic E-state index is 13.2. The van der Waals surface area contributed by atoms with Gasteiger partial charge < -0.3 is 18.5 Å². The molecule has 138 valence electrons. The van der Waals surface area contributed by atoms with E-state index in [9.17, 15) is 14.2 Å². The van der Waals surface area contributed by atoms with Gasteiger partial charge in [-0.15, -0.1) is 0 Å². The molecule has 0 aromatic heterocycles. The van der Waals surface area contributed by atoms with Crippen LogP contribution in [-0.2, 0) is 27.9 Å². The lowest BCUT2D eigenvalue weighted by Crippen LogP contribution is -2.38. The first-order valence-corrected chi connectivity index (χ1v) is 9.93. The second kappa shape index (κ2) is 8.61. The summed E-state index contributed by atoms with van der Waals surface area (Å²) >= 11 is 0. The van der Waals surface area contributed by atoms with Gasteiger partial charge in [0.25, 0.3) is 0 Å². The molecule has 2 unspecified atom stereocenters. The van der Waals surface area contributed by atoms with Crippen LogP contribution in [0.4, 0.5) is 0 Å². The van der Waals surface area contributed by atoms with E-state index in [1.165, 1.54) is 0 Å². The molecule has 0 amide bonds. The smallest absolute Gasteiger partial charge is 0.345 e. The third-order valence-corrected chi connectivity index (χ3v) is 6.29. The second-order valence-corrected chi connectivity index (χ2v) is 7.55. The van der Waals surface area contributed by atoms with Crippen LogP contribution in [0.5, 0.6) is 5.75 Å². The lowest BCUT2D eigenvalue weighted by molar-refractivity contribution is -0.144. The van der Waals surface area contributed by atoms with Crippen LogP contribution in [0.25, 0.3) is 0 Å². The molecule has 1 aromatic carbocycles. The molecule has 0 saturated heterocycles. The van der Waals surface area contributed by atoms with E-state index in [1.807, 2.05) is 0 Å². The molecular weight excluding hydrogens is 347 g/mol. The molecule has 0 fully saturated rings. The molecule has 7 nitrogen and oxygen atoms in total. The molecule has 0 N–H and O–H groups in total. The number of ether oxygens (including phenoxy) is 2. The average molecular weight is 370 g/mol. The Kier molecular flexibility index (Phi) is 6.76. The van der Waals surface area contributed by atoms with Gasteiger partial charge >= 0.3 is 19.5 Å².